The molecule has 1 aliphatic heterocycles. The molecule has 3 rings (SSSR count). The summed E-state index contributed by atoms with van der Waals surface area (Å²) in [5.41, 5.74) is 1.84. The third-order valence-electron chi connectivity index (χ3n) is 5.49. The van der Waals surface area contributed by atoms with Crippen LogP contribution in [0.5, 0.6) is 0 Å². The number of carboxylic acids is 1. The summed E-state index contributed by atoms with van der Waals surface area (Å²) in [5.74, 6) is -1.05. The molecule has 2 aliphatic rings. The number of hydrogen-bond donors (Lipinski definition) is 1. The average molecular weight is 315 g/mol. The molecule has 2 fully saturated rings. The van der Waals surface area contributed by atoms with Crippen molar-refractivity contribution < 1.29 is 14.7 Å². The Kier molecular flexibility index (Phi) is 4.42. The van der Waals surface area contributed by atoms with E-state index in [2.05, 4.69) is 25.1 Å². The number of likely N-dealkylation sites (tertiary alicyclic amines) is 1. The summed E-state index contributed by atoms with van der Waals surface area (Å²) in [7, 11) is 0. The molecule has 124 valence electrons. The first kappa shape index (κ1) is 16.0. The Labute approximate surface area is 137 Å². The van der Waals surface area contributed by atoms with Crippen LogP contribution in [0.25, 0.3) is 0 Å². The van der Waals surface area contributed by atoms with Gasteiger partial charge in [0.15, 0.2) is 0 Å². The van der Waals surface area contributed by atoms with E-state index in [0.29, 0.717) is 19.5 Å². The fourth-order valence-corrected chi connectivity index (χ4v) is 4.21. The molecule has 23 heavy (non-hydrogen) atoms. The Hall–Kier alpha value is -1.84. The highest BCUT2D eigenvalue weighted by Gasteiger charge is 2.46. The lowest BCUT2D eigenvalue weighted by molar-refractivity contribution is -0.147. The predicted octanol–water partition coefficient (Wildman–Crippen LogP) is 3.13. The fourth-order valence-electron chi connectivity index (χ4n) is 4.21. The molecule has 1 saturated heterocycles. The third-order valence-corrected chi connectivity index (χ3v) is 5.49. The van der Waals surface area contributed by atoms with E-state index in [0.717, 1.165) is 37.7 Å². The van der Waals surface area contributed by atoms with E-state index in [-0.39, 0.29) is 5.91 Å². The van der Waals surface area contributed by atoms with Gasteiger partial charge in [-0.15, -0.1) is 0 Å². The van der Waals surface area contributed by atoms with Gasteiger partial charge in [0.1, 0.15) is 0 Å². The predicted molar refractivity (Wildman–Crippen MR) is 88.3 cm³/mol. The molecule has 1 atom stereocenters. The number of rotatable bonds is 3. The van der Waals surface area contributed by atoms with E-state index >= 15 is 0 Å². The zero-order valence-electron chi connectivity index (χ0n) is 13.8. The number of carbonyl (C=O) groups excluding carboxylic acids is 1. The van der Waals surface area contributed by atoms with Gasteiger partial charge in [0.05, 0.1) is 11.3 Å². The number of carboxylic acid groups (broad SMARTS) is 1. The molecule has 1 aromatic carbocycles. The number of nitrogens with zero attached hydrogens (tertiary/aromatic N) is 1. The van der Waals surface area contributed by atoms with Gasteiger partial charge in [0, 0.05) is 13.1 Å². The molecular weight excluding hydrogens is 290 g/mol. The highest BCUT2D eigenvalue weighted by atomic mass is 16.4. The average Bonchev–Trinajstić information content (AvgIpc) is 3.05. The fraction of sp³-hybridized carbons (Fsp3) is 0.579. The topological polar surface area (TPSA) is 57.6 Å². The summed E-state index contributed by atoms with van der Waals surface area (Å²) in [4.78, 5) is 26.5. The van der Waals surface area contributed by atoms with Gasteiger partial charge in [-0.05, 0) is 38.2 Å². The van der Waals surface area contributed by atoms with Gasteiger partial charge < -0.3 is 10.0 Å². The maximum Gasteiger partial charge on any atom is 0.308 e. The van der Waals surface area contributed by atoms with E-state index in [9.17, 15) is 14.7 Å². The van der Waals surface area contributed by atoms with Crippen molar-refractivity contribution in [2.75, 3.05) is 13.1 Å². The minimum Gasteiger partial charge on any atom is -0.481 e. The van der Waals surface area contributed by atoms with E-state index in [1.807, 2.05) is 11.0 Å². The highest BCUT2D eigenvalue weighted by molar-refractivity contribution is 5.89. The van der Waals surface area contributed by atoms with Gasteiger partial charge in [0.25, 0.3) is 0 Å². The van der Waals surface area contributed by atoms with Crippen LogP contribution in [-0.2, 0) is 15.0 Å². The number of carbonyl (C=O) groups is 2. The molecule has 0 bridgehead atoms. The van der Waals surface area contributed by atoms with E-state index in [1.54, 1.807) is 0 Å². The molecule has 1 heterocycles. The third kappa shape index (κ3) is 2.99. The number of hydrogen-bond acceptors (Lipinski definition) is 2. The van der Waals surface area contributed by atoms with E-state index in [4.69, 9.17) is 0 Å². The van der Waals surface area contributed by atoms with Crippen LogP contribution in [0.4, 0.5) is 0 Å². The normalized spacial score (nSPS) is 23.7. The Bertz CT molecular complexity index is 604. The van der Waals surface area contributed by atoms with Crippen molar-refractivity contribution in [3.8, 4) is 0 Å². The Morgan fingerprint density at radius 3 is 2.61 bits per heavy atom. The molecule has 1 N–H and O–H groups in total. The summed E-state index contributed by atoms with van der Waals surface area (Å²) in [5, 5.41) is 9.28. The molecule has 1 unspecified atom stereocenters. The second-order valence-electron chi connectivity index (χ2n) is 7.09. The molecule has 4 heteroatoms. The quantitative estimate of drug-likeness (QED) is 0.932. The molecule has 1 saturated carbocycles. The number of piperidine rings is 1. The van der Waals surface area contributed by atoms with Gasteiger partial charge in [0.2, 0.25) is 5.91 Å². The van der Waals surface area contributed by atoms with E-state index < -0.39 is 17.3 Å². The minimum atomic E-state index is -0.779. The van der Waals surface area contributed by atoms with Gasteiger partial charge in [-0.25, -0.2) is 0 Å². The number of amides is 1. The molecule has 4 nitrogen and oxygen atoms in total. The van der Waals surface area contributed by atoms with Crippen molar-refractivity contribution in [3.63, 3.8) is 0 Å². The SMILES string of the molecule is Cc1cccc(C2(C(=O)N3CCCC(C(=O)O)C3)CCCC2)c1. The van der Waals surface area contributed by atoms with Crippen LogP contribution < -0.4 is 0 Å². The lowest BCUT2D eigenvalue weighted by Gasteiger charge is -2.38. The first-order valence-electron chi connectivity index (χ1n) is 8.62. The largest absolute Gasteiger partial charge is 0.481 e. The number of aliphatic carboxylic acids is 1. The Balaban J connectivity index is 1.89. The smallest absolute Gasteiger partial charge is 0.308 e. The van der Waals surface area contributed by atoms with Crippen molar-refractivity contribution in [3.05, 3.63) is 35.4 Å². The van der Waals surface area contributed by atoms with E-state index in [1.165, 1.54) is 5.56 Å². The maximum absolute atomic E-state index is 13.3. The molecule has 1 amide bonds. The number of benzene rings is 1. The van der Waals surface area contributed by atoms with Gasteiger partial charge >= 0.3 is 5.97 Å². The van der Waals surface area contributed by atoms with Crippen LogP contribution in [0.3, 0.4) is 0 Å². The lowest BCUT2D eigenvalue weighted by Crippen LogP contribution is -2.50. The van der Waals surface area contributed by atoms with Crippen LogP contribution in [0.2, 0.25) is 0 Å². The van der Waals surface area contributed by atoms with Crippen LogP contribution in [0.15, 0.2) is 24.3 Å². The molecule has 1 aromatic rings. The van der Waals surface area contributed by atoms with Crippen LogP contribution in [0, 0.1) is 12.8 Å². The molecule has 0 spiro atoms. The van der Waals surface area contributed by atoms with Crippen LogP contribution in [0.1, 0.15) is 49.7 Å². The lowest BCUT2D eigenvalue weighted by atomic mass is 9.76. The summed E-state index contributed by atoms with van der Waals surface area (Å²) < 4.78 is 0. The minimum absolute atomic E-state index is 0.145. The van der Waals surface area contributed by atoms with Crippen molar-refractivity contribution in [2.45, 2.75) is 50.9 Å². The van der Waals surface area contributed by atoms with Gasteiger partial charge in [-0.1, -0.05) is 42.7 Å². The second kappa shape index (κ2) is 6.34. The molecular formula is C19H25NO3. The molecule has 1 aliphatic carbocycles. The zero-order chi connectivity index (χ0) is 16.4. The first-order chi connectivity index (χ1) is 11.0. The van der Waals surface area contributed by atoms with Crippen molar-refractivity contribution in [2.24, 2.45) is 5.92 Å². The zero-order valence-corrected chi connectivity index (χ0v) is 13.8. The van der Waals surface area contributed by atoms with Crippen molar-refractivity contribution in [1.82, 2.24) is 4.90 Å². The van der Waals surface area contributed by atoms with Crippen molar-refractivity contribution >= 4 is 11.9 Å². The number of aryl methyl sites for hydroxylation is 1. The summed E-state index contributed by atoms with van der Waals surface area (Å²) in [6.07, 6.45) is 5.35. The Morgan fingerprint density at radius 2 is 1.96 bits per heavy atom. The van der Waals surface area contributed by atoms with Crippen molar-refractivity contribution in [1.29, 1.82) is 0 Å². The van der Waals surface area contributed by atoms with Crippen LogP contribution in [-0.4, -0.2) is 35.0 Å². The monoisotopic (exact) mass is 315 g/mol. The van der Waals surface area contributed by atoms with Crippen LogP contribution >= 0.6 is 0 Å². The maximum atomic E-state index is 13.3. The molecule has 0 aromatic heterocycles. The standard InChI is InChI=1S/C19H25NO3/c1-14-6-4-8-16(12-14)19(9-2-3-10-19)18(23)20-11-5-7-15(13-20)17(21)22/h4,6,8,12,15H,2-3,5,7,9-11,13H2,1H3,(H,21,22). The van der Waals surface area contributed by atoms with Gasteiger partial charge in [-0.3, -0.25) is 9.59 Å². The summed E-state index contributed by atoms with van der Waals surface area (Å²) in [6, 6.07) is 8.27. The first-order valence-corrected chi connectivity index (χ1v) is 8.62. The summed E-state index contributed by atoms with van der Waals surface area (Å²) in [6.45, 7) is 3.11. The molecule has 0 radical (unpaired) electrons. The second-order valence-corrected chi connectivity index (χ2v) is 7.09. The van der Waals surface area contributed by atoms with Gasteiger partial charge in [-0.2, -0.15) is 0 Å². The highest BCUT2D eigenvalue weighted by Crippen LogP contribution is 2.43. The Morgan fingerprint density at radius 1 is 1.22 bits per heavy atom. The summed E-state index contributed by atoms with van der Waals surface area (Å²) >= 11 is 0.